The van der Waals surface area contributed by atoms with E-state index < -0.39 is 0 Å². The summed E-state index contributed by atoms with van der Waals surface area (Å²) >= 11 is 0. The smallest absolute Gasteiger partial charge is 0.156 e. The molecule has 100 valence electrons. The number of carbonyl (C=O) groups is 1. The molecule has 0 unspecified atom stereocenters. The van der Waals surface area contributed by atoms with Crippen LogP contribution >= 0.6 is 0 Å². The second-order valence-corrected chi connectivity index (χ2v) is 4.35. The Kier molecular flexibility index (Phi) is 3.94. The summed E-state index contributed by atoms with van der Waals surface area (Å²) in [5, 5.41) is 4.36. The van der Waals surface area contributed by atoms with E-state index in [2.05, 4.69) is 12.0 Å². The van der Waals surface area contributed by atoms with Crippen LogP contribution in [0.15, 0.2) is 24.3 Å². The molecule has 2 N–H and O–H groups in total. The van der Waals surface area contributed by atoms with Crippen molar-refractivity contribution < 1.29 is 9.18 Å². The quantitative estimate of drug-likeness (QED) is 0.842. The third-order valence-corrected chi connectivity index (χ3v) is 2.99. The molecule has 0 atom stereocenters. The van der Waals surface area contributed by atoms with E-state index in [0.29, 0.717) is 35.5 Å². The average Bonchev–Trinajstić information content (AvgIpc) is 2.73. The first-order valence-electron chi connectivity index (χ1n) is 6.24. The van der Waals surface area contributed by atoms with Crippen molar-refractivity contribution in [1.82, 2.24) is 9.78 Å². The molecule has 0 saturated carbocycles. The highest BCUT2D eigenvalue weighted by Crippen LogP contribution is 2.26. The van der Waals surface area contributed by atoms with Crippen molar-refractivity contribution in [2.45, 2.75) is 26.3 Å². The van der Waals surface area contributed by atoms with Crippen LogP contribution in [0.25, 0.3) is 11.3 Å². The lowest BCUT2D eigenvalue weighted by Gasteiger charge is -2.01. The van der Waals surface area contributed by atoms with E-state index in [0.717, 1.165) is 12.8 Å². The Morgan fingerprint density at radius 1 is 1.37 bits per heavy atom. The third-order valence-electron chi connectivity index (χ3n) is 2.99. The zero-order valence-corrected chi connectivity index (χ0v) is 10.8. The summed E-state index contributed by atoms with van der Waals surface area (Å²) in [4.78, 5) is 11.2. The number of aryl methyl sites for hydroxylation is 1. The maximum Gasteiger partial charge on any atom is 0.156 e. The molecule has 19 heavy (non-hydrogen) atoms. The molecule has 2 rings (SSSR count). The monoisotopic (exact) mass is 261 g/mol. The third kappa shape index (κ3) is 2.65. The van der Waals surface area contributed by atoms with Crippen LogP contribution in [0.5, 0.6) is 0 Å². The molecule has 4 nitrogen and oxygen atoms in total. The summed E-state index contributed by atoms with van der Waals surface area (Å²) < 4.78 is 14.5. The van der Waals surface area contributed by atoms with Crippen LogP contribution < -0.4 is 5.73 Å². The van der Waals surface area contributed by atoms with Gasteiger partial charge in [-0.1, -0.05) is 13.3 Å². The Morgan fingerprint density at radius 3 is 2.63 bits per heavy atom. The first-order chi connectivity index (χ1) is 9.17. The summed E-state index contributed by atoms with van der Waals surface area (Å²) in [6.07, 6.45) is 2.65. The maximum absolute atomic E-state index is 12.9. The van der Waals surface area contributed by atoms with E-state index in [1.165, 1.54) is 12.1 Å². The average molecular weight is 261 g/mol. The number of benzene rings is 1. The number of halogens is 1. The van der Waals surface area contributed by atoms with Gasteiger partial charge in [-0.2, -0.15) is 5.10 Å². The van der Waals surface area contributed by atoms with Crippen LogP contribution in [0.3, 0.4) is 0 Å². The number of nitrogen functional groups attached to an aromatic ring is 1. The van der Waals surface area contributed by atoms with Gasteiger partial charge in [-0.05, 0) is 30.7 Å². The van der Waals surface area contributed by atoms with Gasteiger partial charge >= 0.3 is 0 Å². The number of nitrogens with two attached hydrogens (primary N) is 1. The van der Waals surface area contributed by atoms with E-state index in [1.54, 1.807) is 16.8 Å². The van der Waals surface area contributed by atoms with Crippen molar-refractivity contribution in [3.63, 3.8) is 0 Å². The predicted octanol–water partition coefficient (Wildman–Crippen LogP) is 2.88. The Labute approximate surface area is 111 Å². The van der Waals surface area contributed by atoms with Gasteiger partial charge in [0, 0.05) is 12.1 Å². The summed E-state index contributed by atoms with van der Waals surface area (Å²) in [6.45, 7) is 2.74. The number of nitrogens with zero attached hydrogens (tertiary/aromatic N) is 2. The molecule has 0 aliphatic rings. The molecular formula is C14H16FN3O. The molecule has 0 radical (unpaired) electrons. The molecule has 0 amide bonds. The Bertz CT molecular complexity index is 575. The minimum absolute atomic E-state index is 0.324. The number of unbranched alkanes of at least 4 members (excludes halogenated alkanes) is 1. The number of hydrogen-bond donors (Lipinski definition) is 1. The maximum atomic E-state index is 12.9. The summed E-state index contributed by atoms with van der Waals surface area (Å²) in [6, 6.07) is 5.86. The highest BCUT2D eigenvalue weighted by atomic mass is 19.1. The molecule has 1 aromatic carbocycles. The molecule has 1 aromatic heterocycles. The predicted molar refractivity (Wildman–Crippen MR) is 72.3 cm³/mol. The molecule has 2 aromatic rings. The van der Waals surface area contributed by atoms with Crippen molar-refractivity contribution in [1.29, 1.82) is 0 Å². The molecule has 5 heteroatoms. The number of aldehydes is 1. The van der Waals surface area contributed by atoms with Crippen LogP contribution in [0.2, 0.25) is 0 Å². The second-order valence-electron chi connectivity index (χ2n) is 4.35. The highest BCUT2D eigenvalue weighted by Gasteiger charge is 2.16. The lowest BCUT2D eigenvalue weighted by atomic mass is 10.1. The molecule has 0 bridgehead atoms. The zero-order chi connectivity index (χ0) is 13.8. The topological polar surface area (TPSA) is 60.9 Å². The Balaban J connectivity index is 2.44. The lowest BCUT2D eigenvalue weighted by molar-refractivity contribution is 0.112. The fourth-order valence-corrected chi connectivity index (χ4v) is 1.90. The van der Waals surface area contributed by atoms with Gasteiger partial charge in [0.15, 0.2) is 6.29 Å². The second kappa shape index (κ2) is 5.65. The van der Waals surface area contributed by atoms with E-state index in [1.807, 2.05) is 0 Å². The lowest BCUT2D eigenvalue weighted by Crippen LogP contribution is -2.05. The molecule has 0 aliphatic carbocycles. The van der Waals surface area contributed by atoms with Crippen LogP contribution in [-0.2, 0) is 6.54 Å². The number of hydrogen-bond acceptors (Lipinski definition) is 3. The summed E-state index contributed by atoms with van der Waals surface area (Å²) in [7, 11) is 0. The normalized spacial score (nSPS) is 10.6. The van der Waals surface area contributed by atoms with Gasteiger partial charge in [0.2, 0.25) is 0 Å². The van der Waals surface area contributed by atoms with Crippen molar-refractivity contribution in [3.8, 4) is 11.3 Å². The zero-order valence-electron chi connectivity index (χ0n) is 10.8. The van der Waals surface area contributed by atoms with Gasteiger partial charge in [0.1, 0.15) is 17.3 Å². The molecule has 0 fully saturated rings. The standard InChI is InChI=1S/C14H16FN3O/c1-2-3-8-18-14(16)12(9-19)13(17-18)10-4-6-11(15)7-5-10/h4-7,9H,2-3,8,16H2,1H3. The van der Waals surface area contributed by atoms with Crippen molar-refractivity contribution in [3.05, 3.63) is 35.6 Å². The highest BCUT2D eigenvalue weighted by molar-refractivity contribution is 5.91. The van der Waals surface area contributed by atoms with Crippen LogP contribution in [0.4, 0.5) is 10.2 Å². The van der Waals surface area contributed by atoms with Crippen LogP contribution in [0.1, 0.15) is 30.1 Å². The van der Waals surface area contributed by atoms with Crippen LogP contribution in [0, 0.1) is 5.82 Å². The first-order valence-corrected chi connectivity index (χ1v) is 6.24. The molecule has 0 aliphatic heterocycles. The number of aromatic nitrogens is 2. The molecule has 1 heterocycles. The van der Waals surface area contributed by atoms with E-state index in [4.69, 9.17) is 5.73 Å². The van der Waals surface area contributed by atoms with Crippen molar-refractivity contribution in [2.24, 2.45) is 0 Å². The molecular weight excluding hydrogens is 245 g/mol. The van der Waals surface area contributed by atoms with E-state index in [-0.39, 0.29) is 5.82 Å². The minimum atomic E-state index is -0.324. The number of anilines is 1. The summed E-state index contributed by atoms with van der Waals surface area (Å²) in [5.41, 5.74) is 7.47. The minimum Gasteiger partial charge on any atom is -0.383 e. The van der Waals surface area contributed by atoms with Gasteiger partial charge in [-0.3, -0.25) is 4.79 Å². The van der Waals surface area contributed by atoms with Gasteiger partial charge in [-0.15, -0.1) is 0 Å². The van der Waals surface area contributed by atoms with Crippen molar-refractivity contribution in [2.75, 3.05) is 5.73 Å². The van der Waals surface area contributed by atoms with Crippen molar-refractivity contribution >= 4 is 12.1 Å². The number of carbonyl (C=O) groups excluding carboxylic acids is 1. The Hall–Kier alpha value is -2.17. The molecule has 0 spiro atoms. The fraction of sp³-hybridized carbons (Fsp3) is 0.286. The fourth-order valence-electron chi connectivity index (χ4n) is 1.90. The van der Waals surface area contributed by atoms with Gasteiger partial charge in [0.25, 0.3) is 0 Å². The van der Waals surface area contributed by atoms with Gasteiger partial charge in [-0.25, -0.2) is 9.07 Å². The van der Waals surface area contributed by atoms with E-state index >= 15 is 0 Å². The number of rotatable bonds is 5. The van der Waals surface area contributed by atoms with Gasteiger partial charge < -0.3 is 5.73 Å². The van der Waals surface area contributed by atoms with Gasteiger partial charge in [0.05, 0.1) is 5.56 Å². The molecule has 0 saturated heterocycles. The van der Waals surface area contributed by atoms with Crippen LogP contribution in [-0.4, -0.2) is 16.1 Å². The summed E-state index contributed by atoms with van der Waals surface area (Å²) in [5.74, 6) is 0.0394. The first kappa shape index (κ1) is 13.3. The van der Waals surface area contributed by atoms with E-state index in [9.17, 15) is 9.18 Å². The SMILES string of the molecule is CCCCn1nc(-c2ccc(F)cc2)c(C=O)c1N. The Morgan fingerprint density at radius 2 is 2.05 bits per heavy atom. The largest absolute Gasteiger partial charge is 0.383 e.